The molecular weight excluding hydrogens is 500 g/mol. The van der Waals surface area contributed by atoms with Crippen molar-refractivity contribution in [2.45, 2.75) is 19.4 Å². The first-order chi connectivity index (χ1) is 18.6. The van der Waals surface area contributed by atoms with E-state index in [2.05, 4.69) is 60.0 Å². The van der Waals surface area contributed by atoms with E-state index >= 15 is 0 Å². The summed E-state index contributed by atoms with van der Waals surface area (Å²) >= 11 is 0.889. The second-order valence-electron chi connectivity index (χ2n) is 9.36. The van der Waals surface area contributed by atoms with Gasteiger partial charge in [0.2, 0.25) is 5.95 Å². The van der Waals surface area contributed by atoms with Crippen LogP contribution in [0.25, 0.3) is 28.1 Å². The van der Waals surface area contributed by atoms with E-state index in [0.717, 1.165) is 66.6 Å². The number of thioether (sulfide) groups is 1. The van der Waals surface area contributed by atoms with E-state index in [1.54, 1.807) is 24.5 Å². The maximum absolute atomic E-state index is 11.8. The van der Waals surface area contributed by atoms with Crippen LogP contribution in [0.3, 0.4) is 0 Å². The third-order valence-electron chi connectivity index (χ3n) is 6.82. The van der Waals surface area contributed by atoms with Gasteiger partial charge in [-0.2, -0.15) is 5.10 Å². The van der Waals surface area contributed by atoms with Gasteiger partial charge in [0.05, 0.1) is 28.2 Å². The molecule has 2 aliphatic heterocycles. The van der Waals surface area contributed by atoms with Crippen molar-refractivity contribution in [1.29, 1.82) is 0 Å². The summed E-state index contributed by atoms with van der Waals surface area (Å²) in [5, 5.41) is 14.8. The Morgan fingerprint density at radius 2 is 2.00 bits per heavy atom. The predicted octanol–water partition coefficient (Wildman–Crippen LogP) is 3.75. The fraction of sp³-hybridized carbons (Fsp3) is 0.259. The summed E-state index contributed by atoms with van der Waals surface area (Å²) in [5.41, 5.74) is 3.54. The van der Waals surface area contributed by atoms with Crippen molar-refractivity contribution in [3.63, 3.8) is 0 Å². The Kier molecular flexibility index (Phi) is 6.84. The molecule has 0 aliphatic carbocycles. The maximum atomic E-state index is 11.8. The molecule has 1 aromatic carbocycles. The second kappa shape index (κ2) is 10.7. The molecule has 0 atom stereocenters. The normalized spacial score (nSPS) is 17.5. The number of hydrogen-bond acceptors (Lipinski definition) is 9. The Bertz CT molecular complexity index is 1510. The molecule has 0 unspecified atom stereocenters. The number of H-pyrrole nitrogens is 1. The third-order valence-corrected chi connectivity index (χ3v) is 7.63. The van der Waals surface area contributed by atoms with Gasteiger partial charge in [-0.1, -0.05) is 24.3 Å². The van der Waals surface area contributed by atoms with E-state index in [1.807, 2.05) is 12.3 Å². The van der Waals surface area contributed by atoms with Crippen LogP contribution in [0.2, 0.25) is 0 Å². The number of nitrogens with one attached hydrogen (secondary N) is 3. The molecule has 2 amide bonds. The molecule has 2 fully saturated rings. The van der Waals surface area contributed by atoms with Crippen LogP contribution < -0.4 is 15.5 Å². The van der Waals surface area contributed by atoms with Gasteiger partial charge >= 0.3 is 0 Å². The number of aromatic amines is 1. The fourth-order valence-corrected chi connectivity index (χ4v) is 5.49. The molecule has 6 rings (SSSR count). The van der Waals surface area contributed by atoms with E-state index in [4.69, 9.17) is 4.98 Å². The highest BCUT2D eigenvalue weighted by Crippen LogP contribution is 2.27. The van der Waals surface area contributed by atoms with E-state index in [9.17, 15) is 9.59 Å². The van der Waals surface area contributed by atoms with Crippen molar-refractivity contribution in [2.75, 3.05) is 24.5 Å². The summed E-state index contributed by atoms with van der Waals surface area (Å²) in [7, 11) is 0. The number of hydrogen-bond donors (Lipinski definition) is 3. The van der Waals surface area contributed by atoms with Crippen LogP contribution in [-0.4, -0.2) is 55.9 Å². The first-order valence-corrected chi connectivity index (χ1v) is 13.4. The number of fused-ring (bicyclic) bond motifs is 1. The minimum absolute atomic E-state index is 0.349. The first kappa shape index (κ1) is 24.3. The topological polar surface area (TPSA) is 129 Å². The van der Waals surface area contributed by atoms with Gasteiger partial charge in [0.1, 0.15) is 0 Å². The van der Waals surface area contributed by atoms with Gasteiger partial charge in [-0.25, -0.2) is 9.97 Å². The monoisotopic (exact) mass is 526 g/mol. The lowest BCUT2D eigenvalue weighted by Gasteiger charge is -2.32. The fourth-order valence-electron chi connectivity index (χ4n) is 4.83. The number of nitrogens with zero attached hydrogens (tertiary/aromatic N) is 5. The van der Waals surface area contributed by atoms with E-state index in [1.165, 1.54) is 5.39 Å². The Balaban J connectivity index is 1.06. The number of rotatable bonds is 7. The van der Waals surface area contributed by atoms with Crippen molar-refractivity contribution < 1.29 is 9.59 Å². The van der Waals surface area contributed by atoms with Gasteiger partial charge < -0.3 is 10.2 Å². The van der Waals surface area contributed by atoms with Gasteiger partial charge in [0.15, 0.2) is 0 Å². The third kappa shape index (κ3) is 5.29. The van der Waals surface area contributed by atoms with Crippen LogP contribution in [0.1, 0.15) is 24.2 Å². The number of anilines is 1. The lowest BCUT2D eigenvalue weighted by Crippen LogP contribution is -2.38. The molecule has 10 nitrogen and oxygen atoms in total. The summed E-state index contributed by atoms with van der Waals surface area (Å²) in [6.45, 7) is 3.32. The van der Waals surface area contributed by atoms with Gasteiger partial charge in [0, 0.05) is 43.0 Å². The Labute approximate surface area is 223 Å². The first-order valence-electron chi connectivity index (χ1n) is 12.5. The number of carbonyl (C=O) groups is 2. The maximum Gasteiger partial charge on any atom is 0.290 e. The summed E-state index contributed by atoms with van der Waals surface area (Å²) in [6, 6.07) is 12.2. The number of carbonyl (C=O) groups excluding carboxylic acids is 2. The molecule has 3 N–H and O–H groups in total. The van der Waals surface area contributed by atoms with Crippen LogP contribution in [0, 0.1) is 5.92 Å². The number of amides is 2. The average molecular weight is 527 g/mol. The van der Waals surface area contributed by atoms with E-state index in [-0.39, 0.29) is 11.1 Å². The molecule has 0 saturated carbocycles. The summed E-state index contributed by atoms with van der Waals surface area (Å²) in [5.74, 6) is 0.807. The number of benzene rings is 1. The number of pyridine rings is 1. The Morgan fingerprint density at radius 1 is 1.13 bits per heavy atom. The van der Waals surface area contributed by atoms with Crippen LogP contribution in [0.4, 0.5) is 10.7 Å². The quantitative estimate of drug-likeness (QED) is 0.308. The summed E-state index contributed by atoms with van der Waals surface area (Å²) in [6.07, 6.45) is 9.03. The zero-order valence-electron chi connectivity index (χ0n) is 20.6. The number of aromatic nitrogens is 5. The average Bonchev–Trinajstić information content (AvgIpc) is 3.59. The minimum atomic E-state index is -0.384. The van der Waals surface area contributed by atoms with Gasteiger partial charge in [-0.05, 0) is 60.7 Å². The standard InChI is InChI=1S/C27H26N8O2S/c36-25-24(38-27(37)34-25)12-20-5-8-29-26(32-20)35-9-6-17(7-10-35)13-28-16-23-21-4-2-1-3-18(21)11-22(33-23)19-14-30-31-15-19/h1-5,8,11-12,14-15,17,28H,6-7,9-10,13,16H2,(H,30,31)(H,34,36,37)/b24-12-. The number of imide groups is 1. The summed E-state index contributed by atoms with van der Waals surface area (Å²) < 4.78 is 0. The molecule has 11 heteroatoms. The highest BCUT2D eigenvalue weighted by molar-refractivity contribution is 8.18. The second-order valence-corrected chi connectivity index (χ2v) is 10.4. The van der Waals surface area contributed by atoms with E-state index < -0.39 is 0 Å². The van der Waals surface area contributed by atoms with Gasteiger partial charge in [-0.3, -0.25) is 25.0 Å². The van der Waals surface area contributed by atoms with Crippen LogP contribution in [0.5, 0.6) is 0 Å². The highest BCUT2D eigenvalue weighted by atomic mass is 32.2. The Hall–Kier alpha value is -4.09. The van der Waals surface area contributed by atoms with Crippen molar-refractivity contribution in [1.82, 2.24) is 35.8 Å². The zero-order chi connectivity index (χ0) is 25.9. The van der Waals surface area contributed by atoms with Gasteiger partial charge in [0.25, 0.3) is 11.1 Å². The molecule has 38 heavy (non-hydrogen) atoms. The SMILES string of the molecule is O=C1NC(=O)/C(=C/c2ccnc(N3CCC(CNCc4nc(-c5cn[nH]c5)cc5ccccc45)CC3)n2)S1. The summed E-state index contributed by atoms with van der Waals surface area (Å²) in [4.78, 5) is 39.8. The molecule has 192 valence electrons. The molecule has 2 saturated heterocycles. The minimum Gasteiger partial charge on any atom is -0.341 e. The molecule has 0 radical (unpaired) electrons. The van der Waals surface area contributed by atoms with Crippen LogP contribution in [0.15, 0.2) is 59.9 Å². The highest BCUT2D eigenvalue weighted by Gasteiger charge is 2.26. The van der Waals surface area contributed by atoms with Gasteiger partial charge in [-0.15, -0.1) is 0 Å². The smallest absolute Gasteiger partial charge is 0.290 e. The molecule has 5 heterocycles. The van der Waals surface area contributed by atoms with E-state index in [0.29, 0.717) is 29.0 Å². The van der Waals surface area contributed by atoms with Crippen molar-refractivity contribution in [3.05, 3.63) is 71.3 Å². The van der Waals surface area contributed by atoms with Crippen LogP contribution in [-0.2, 0) is 11.3 Å². The van der Waals surface area contributed by atoms with Crippen molar-refractivity contribution in [2.24, 2.45) is 5.92 Å². The molecular formula is C27H26N8O2S. The Morgan fingerprint density at radius 3 is 2.79 bits per heavy atom. The lowest BCUT2D eigenvalue weighted by atomic mass is 9.97. The van der Waals surface area contributed by atoms with Crippen molar-refractivity contribution >= 4 is 45.7 Å². The molecule has 2 aliphatic rings. The zero-order valence-corrected chi connectivity index (χ0v) is 21.4. The number of piperidine rings is 1. The molecule has 3 aromatic heterocycles. The predicted molar refractivity (Wildman–Crippen MR) is 147 cm³/mol. The molecule has 0 spiro atoms. The largest absolute Gasteiger partial charge is 0.341 e. The molecule has 0 bridgehead atoms. The van der Waals surface area contributed by atoms with Crippen LogP contribution >= 0.6 is 11.8 Å². The molecule has 4 aromatic rings. The van der Waals surface area contributed by atoms with Crippen molar-refractivity contribution in [3.8, 4) is 11.3 Å². The lowest BCUT2D eigenvalue weighted by molar-refractivity contribution is -0.115.